The summed E-state index contributed by atoms with van der Waals surface area (Å²) in [5.41, 5.74) is 1.10. The van der Waals surface area contributed by atoms with Crippen LogP contribution in [-0.4, -0.2) is 59.9 Å². The van der Waals surface area contributed by atoms with E-state index in [1.54, 1.807) is 24.0 Å². The van der Waals surface area contributed by atoms with Crippen LogP contribution in [0.2, 0.25) is 0 Å². The van der Waals surface area contributed by atoms with Gasteiger partial charge in [0.05, 0.1) is 4.90 Å². The van der Waals surface area contributed by atoms with E-state index in [0.29, 0.717) is 49.3 Å². The lowest BCUT2D eigenvalue weighted by Crippen LogP contribution is -2.50. The fourth-order valence-electron chi connectivity index (χ4n) is 3.03. The largest absolute Gasteiger partial charge is 0.426 e. The van der Waals surface area contributed by atoms with Crippen molar-refractivity contribution in [2.24, 2.45) is 0 Å². The number of hydrogen-bond donors (Lipinski definition) is 0. The van der Waals surface area contributed by atoms with E-state index >= 15 is 0 Å². The van der Waals surface area contributed by atoms with Crippen LogP contribution in [-0.2, 0) is 27.7 Å². The minimum Gasteiger partial charge on any atom is -0.426 e. The number of nitrogens with zero attached hydrogens (tertiary/aromatic N) is 4. The molecule has 0 unspecified atom stereocenters. The van der Waals surface area contributed by atoms with Crippen molar-refractivity contribution in [3.63, 3.8) is 0 Å². The van der Waals surface area contributed by atoms with Gasteiger partial charge < -0.3 is 9.32 Å². The fraction of sp³-hybridized carbons (Fsp3) is 0.500. The van der Waals surface area contributed by atoms with Gasteiger partial charge in [-0.3, -0.25) is 4.79 Å². The summed E-state index contributed by atoms with van der Waals surface area (Å²) in [5, 5.41) is 7.62. The Hall–Kier alpha value is -2.26. The Balaban J connectivity index is 1.54. The Morgan fingerprint density at radius 2 is 1.78 bits per heavy atom. The highest BCUT2D eigenvalue weighted by Gasteiger charge is 2.30. The van der Waals surface area contributed by atoms with E-state index in [9.17, 15) is 13.2 Å². The molecule has 0 radical (unpaired) electrons. The molecule has 0 aliphatic carbocycles. The minimum absolute atomic E-state index is 0.0322. The van der Waals surface area contributed by atoms with Crippen molar-refractivity contribution in [1.29, 1.82) is 0 Å². The summed E-state index contributed by atoms with van der Waals surface area (Å²) >= 11 is 0. The van der Waals surface area contributed by atoms with Crippen LogP contribution in [0.5, 0.6) is 0 Å². The molecule has 1 saturated heterocycles. The van der Waals surface area contributed by atoms with E-state index in [4.69, 9.17) is 4.42 Å². The first-order valence-corrected chi connectivity index (χ1v) is 10.5. The van der Waals surface area contributed by atoms with Crippen LogP contribution in [0, 0.1) is 6.92 Å². The first kappa shape index (κ1) is 19.5. The maximum atomic E-state index is 12.8. The van der Waals surface area contributed by atoms with E-state index in [1.165, 1.54) is 4.31 Å². The maximum Gasteiger partial charge on any atom is 0.243 e. The van der Waals surface area contributed by atoms with Crippen LogP contribution in [0.4, 0.5) is 0 Å². The van der Waals surface area contributed by atoms with Gasteiger partial charge in [0.25, 0.3) is 0 Å². The van der Waals surface area contributed by atoms with Crippen LogP contribution in [0.3, 0.4) is 0 Å². The molecule has 0 spiro atoms. The number of benzene rings is 1. The Morgan fingerprint density at radius 1 is 1.11 bits per heavy atom. The lowest BCUT2D eigenvalue weighted by molar-refractivity contribution is -0.132. The molecular formula is C18H24N4O4S. The van der Waals surface area contributed by atoms with Crippen LogP contribution >= 0.6 is 0 Å². The first-order chi connectivity index (χ1) is 12.9. The van der Waals surface area contributed by atoms with Gasteiger partial charge in [-0.15, -0.1) is 10.2 Å². The lowest BCUT2D eigenvalue weighted by atomic mass is 10.2. The number of carbonyl (C=O) groups excluding carboxylic acids is 1. The molecule has 8 nitrogen and oxygen atoms in total. The van der Waals surface area contributed by atoms with Gasteiger partial charge in [-0.1, -0.05) is 19.1 Å². The second-order valence-corrected chi connectivity index (χ2v) is 8.44. The van der Waals surface area contributed by atoms with Crippen molar-refractivity contribution in [3.05, 3.63) is 41.6 Å². The van der Waals surface area contributed by atoms with Crippen molar-refractivity contribution in [1.82, 2.24) is 19.4 Å². The van der Waals surface area contributed by atoms with Crippen LogP contribution in [0.25, 0.3) is 0 Å². The highest BCUT2D eigenvalue weighted by Crippen LogP contribution is 2.19. The molecule has 0 atom stereocenters. The second-order valence-electron chi connectivity index (χ2n) is 6.50. The lowest BCUT2D eigenvalue weighted by Gasteiger charge is -2.34. The number of hydrogen-bond acceptors (Lipinski definition) is 6. The highest BCUT2D eigenvalue weighted by atomic mass is 32.2. The molecule has 1 aromatic heterocycles. The Labute approximate surface area is 159 Å². The van der Waals surface area contributed by atoms with Gasteiger partial charge in [0.2, 0.25) is 27.7 Å². The molecule has 2 aromatic rings. The quantitative estimate of drug-likeness (QED) is 0.737. The first-order valence-electron chi connectivity index (χ1n) is 9.06. The molecule has 27 heavy (non-hydrogen) atoms. The fourth-order valence-corrected chi connectivity index (χ4v) is 4.46. The van der Waals surface area contributed by atoms with Gasteiger partial charge in [-0.2, -0.15) is 4.31 Å². The molecule has 1 fully saturated rings. The second kappa shape index (κ2) is 8.18. The summed E-state index contributed by atoms with van der Waals surface area (Å²) in [5.74, 6) is 0.885. The maximum absolute atomic E-state index is 12.8. The predicted molar refractivity (Wildman–Crippen MR) is 98.5 cm³/mol. The molecule has 1 aliphatic rings. The average Bonchev–Trinajstić information content (AvgIpc) is 3.11. The van der Waals surface area contributed by atoms with Crippen LogP contribution in [0.1, 0.15) is 30.7 Å². The zero-order valence-corrected chi connectivity index (χ0v) is 16.4. The molecule has 1 aromatic carbocycles. The molecule has 1 aliphatic heterocycles. The van der Waals surface area contributed by atoms with E-state index in [0.717, 1.165) is 12.0 Å². The minimum atomic E-state index is -3.53. The molecule has 146 valence electrons. The predicted octanol–water partition coefficient (Wildman–Crippen LogP) is 1.41. The van der Waals surface area contributed by atoms with E-state index in [-0.39, 0.29) is 12.3 Å². The number of sulfonamides is 1. The third-order valence-corrected chi connectivity index (χ3v) is 6.59. The van der Waals surface area contributed by atoms with Gasteiger partial charge in [-0.25, -0.2) is 8.42 Å². The van der Waals surface area contributed by atoms with Gasteiger partial charge in [0.15, 0.2) is 0 Å². The van der Waals surface area contributed by atoms with Crippen molar-refractivity contribution in [3.8, 4) is 0 Å². The molecule has 9 heteroatoms. The highest BCUT2D eigenvalue weighted by molar-refractivity contribution is 7.89. The molecule has 2 heterocycles. The van der Waals surface area contributed by atoms with Crippen molar-refractivity contribution >= 4 is 15.9 Å². The third kappa shape index (κ3) is 4.54. The van der Waals surface area contributed by atoms with Crippen LogP contribution < -0.4 is 0 Å². The Kier molecular flexibility index (Phi) is 5.91. The summed E-state index contributed by atoms with van der Waals surface area (Å²) in [6, 6.07) is 6.98. The van der Waals surface area contributed by atoms with Gasteiger partial charge in [-0.05, 0) is 24.1 Å². The number of rotatable bonds is 6. The smallest absolute Gasteiger partial charge is 0.243 e. The zero-order chi connectivity index (χ0) is 19.4. The molecule has 0 saturated carbocycles. The van der Waals surface area contributed by atoms with E-state index in [1.807, 2.05) is 19.1 Å². The number of aryl methyl sites for hydroxylation is 3. The summed E-state index contributed by atoms with van der Waals surface area (Å²) < 4.78 is 32.3. The number of aromatic nitrogens is 2. The van der Waals surface area contributed by atoms with Gasteiger partial charge in [0.1, 0.15) is 0 Å². The summed E-state index contributed by atoms with van der Waals surface area (Å²) in [6.45, 7) is 5.08. The standard InChI is InChI=1S/C18H24N4O4S/c1-3-15-4-6-16(7-5-15)27(24,25)22-12-10-21(11-13-22)18(23)9-8-17-20-19-14(2)26-17/h4-7H,3,8-13H2,1-2H3. The monoisotopic (exact) mass is 392 g/mol. The SMILES string of the molecule is CCc1ccc(S(=O)(=O)N2CCN(C(=O)CCc3nnc(C)o3)CC2)cc1. The van der Waals surface area contributed by atoms with Crippen molar-refractivity contribution in [2.45, 2.75) is 38.0 Å². The molecular weight excluding hydrogens is 368 g/mol. The summed E-state index contributed by atoms with van der Waals surface area (Å²) in [6.07, 6.45) is 1.53. The van der Waals surface area contributed by atoms with Crippen molar-refractivity contribution < 1.29 is 17.6 Å². The summed E-state index contributed by atoms with van der Waals surface area (Å²) in [7, 11) is -3.53. The van der Waals surface area contributed by atoms with E-state index < -0.39 is 10.0 Å². The number of piperazine rings is 1. The zero-order valence-electron chi connectivity index (χ0n) is 15.6. The van der Waals surface area contributed by atoms with E-state index in [2.05, 4.69) is 10.2 Å². The Bertz CT molecular complexity index is 884. The van der Waals surface area contributed by atoms with Crippen LogP contribution in [0.15, 0.2) is 33.6 Å². The molecule has 1 amide bonds. The van der Waals surface area contributed by atoms with Gasteiger partial charge >= 0.3 is 0 Å². The third-order valence-electron chi connectivity index (χ3n) is 4.68. The summed E-state index contributed by atoms with van der Waals surface area (Å²) in [4.78, 5) is 14.3. The molecule has 0 bridgehead atoms. The normalized spacial score (nSPS) is 15.9. The Morgan fingerprint density at radius 3 is 2.33 bits per heavy atom. The average molecular weight is 392 g/mol. The molecule has 3 rings (SSSR count). The van der Waals surface area contributed by atoms with Gasteiger partial charge in [0, 0.05) is 45.9 Å². The number of amides is 1. The van der Waals surface area contributed by atoms with Crippen molar-refractivity contribution in [2.75, 3.05) is 26.2 Å². The molecule has 0 N–H and O–H groups in total. The number of carbonyl (C=O) groups is 1. The topological polar surface area (TPSA) is 96.6 Å².